The molecule has 0 spiro atoms. The van der Waals surface area contributed by atoms with E-state index in [1.807, 2.05) is 0 Å². The molecule has 0 radical (unpaired) electrons. The molecule has 2 rings (SSSR count). The second-order valence-electron chi connectivity index (χ2n) is 5.98. The molecule has 2 fully saturated rings. The Kier molecular flexibility index (Phi) is 4.27. The molecule has 3 N–H and O–H groups in total. The van der Waals surface area contributed by atoms with Crippen LogP contribution in [0.2, 0.25) is 0 Å². The summed E-state index contributed by atoms with van der Waals surface area (Å²) < 4.78 is 0. The van der Waals surface area contributed by atoms with Crippen LogP contribution in [-0.4, -0.2) is 53.6 Å². The number of carboxylic acids is 1. The highest BCUT2D eigenvalue weighted by Gasteiger charge is 2.38. The Labute approximate surface area is 117 Å². The van der Waals surface area contributed by atoms with Gasteiger partial charge in [0.05, 0.1) is 12.0 Å². The number of carbonyl (C=O) groups is 3. The first kappa shape index (κ1) is 14.8. The van der Waals surface area contributed by atoms with E-state index < -0.39 is 23.3 Å². The number of hydrogen-bond acceptors (Lipinski definition) is 4. The van der Waals surface area contributed by atoms with E-state index in [9.17, 15) is 19.5 Å². The van der Waals surface area contributed by atoms with E-state index in [2.05, 4.69) is 10.6 Å². The van der Waals surface area contributed by atoms with Gasteiger partial charge in [-0.2, -0.15) is 0 Å². The maximum absolute atomic E-state index is 11.7. The van der Waals surface area contributed by atoms with E-state index in [1.165, 1.54) is 0 Å². The van der Waals surface area contributed by atoms with E-state index in [4.69, 9.17) is 0 Å². The number of carbonyl (C=O) groups excluding carboxylic acids is 2. The number of nitrogens with one attached hydrogen (secondary N) is 2. The quantitative estimate of drug-likeness (QED) is 0.682. The van der Waals surface area contributed by atoms with Crippen molar-refractivity contribution in [1.29, 1.82) is 0 Å². The molecular weight excluding hydrogens is 262 g/mol. The fraction of sp³-hybridized carbons (Fsp3) is 0.769. The largest absolute Gasteiger partial charge is 0.481 e. The number of nitrogens with zero attached hydrogens (tertiary/aromatic N) is 1. The third kappa shape index (κ3) is 3.93. The Morgan fingerprint density at radius 2 is 2.05 bits per heavy atom. The average molecular weight is 283 g/mol. The van der Waals surface area contributed by atoms with Crippen LogP contribution in [0.4, 0.5) is 4.79 Å². The number of aliphatic carboxylic acids is 1. The third-order valence-corrected chi connectivity index (χ3v) is 3.82. The lowest BCUT2D eigenvalue weighted by Crippen LogP contribution is -2.51. The van der Waals surface area contributed by atoms with Gasteiger partial charge in [-0.25, -0.2) is 4.79 Å². The van der Waals surface area contributed by atoms with Crippen molar-refractivity contribution in [1.82, 2.24) is 15.5 Å². The lowest BCUT2D eigenvalue weighted by atomic mass is 9.82. The first-order valence-electron chi connectivity index (χ1n) is 6.95. The van der Waals surface area contributed by atoms with Crippen LogP contribution in [-0.2, 0) is 9.59 Å². The predicted octanol–water partition coefficient (Wildman–Crippen LogP) is 0.161. The summed E-state index contributed by atoms with van der Waals surface area (Å²) in [7, 11) is 0. The number of amides is 3. The average Bonchev–Trinajstić information content (AvgIpc) is 3.12. The molecule has 0 aromatic rings. The summed E-state index contributed by atoms with van der Waals surface area (Å²) in [6.07, 6.45) is 3.28. The highest BCUT2D eigenvalue weighted by Crippen LogP contribution is 2.29. The van der Waals surface area contributed by atoms with Gasteiger partial charge in [-0.1, -0.05) is 0 Å². The maximum atomic E-state index is 11.7. The molecule has 1 unspecified atom stereocenters. The summed E-state index contributed by atoms with van der Waals surface area (Å²) in [6.45, 7) is 2.76. The van der Waals surface area contributed by atoms with Gasteiger partial charge < -0.3 is 10.4 Å². The van der Waals surface area contributed by atoms with Crippen molar-refractivity contribution in [3.8, 4) is 0 Å². The van der Waals surface area contributed by atoms with Gasteiger partial charge in [-0.3, -0.25) is 19.8 Å². The Bertz CT molecular complexity index is 422. The first-order chi connectivity index (χ1) is 9.39. The molecule has 1 aliphatic carbocycles. The summed E-state index contributed by atoms with van der Waals surface area (Å²) in [5.74, 6) is -1.23. The van der Waals surface area contributed by atoms with Gasteiger partial charge in [0.25, 0.3) is 0 Å². The monoisotopic (exact) mass is 283 g/mol. The fourth-order valence-electron chi connectivity index (χ4n) is 2.47. The Balaban J connectivity index is 1.78. The fourth-order valence-corrected chi connectivity index (χ4v) is 2.47. The van der Waals surface area contributed by atoms with Crippen molar-refractivity contribution in [3.05, 3.63) is 0 Å². The normalized spacial score (nSPS) is 26.9. The molecule has 3 amide bonds. The molecule has 20 heavy (non-hydrogen) atoms. The number of hydrogen-bond donors (Lipinski definition) is 3. The topological polar surface area (TPSA) is 98.7 Å². The lowest BCUT2D eigenvalue weighted by molar-refractivity contribution is -0.151. The van der Waals surface area contributed by atoms with Gasteiger partial charge in [-0.05, 0) is 39.2 Å². The smallest absolute Gasteiger partial charge is 0.321 e. The van der Waals surface area contributed by atoms with Crippen LogP contribution >= 0.6 is 0 Å². The molecule has 1 atom stereocenters. The third-order valence-electron chi connectivity index (χ3n) is 3.82. The molecule has 112 valence electrons. The minimum atomic E-state index is -0.839. The maximum Gasteiger partial charge on any atom is 0.321 e. The van der Waals surface area contributed by atoms with Gasteiger partial charge in [-0.15, -0.1) is 0 Å². The summed E-state index contributed by atoms with van der Waals surface area (Å²) in [4.78, 5) is 36.2. The van der Waals surface area contributed by atoms with E-state index >= 15 is 0 Å². The number of urea groups is 1. The molecule has 7 nitrogen and oxygen atoms in total. The second kappa shape index (κ2) is 5.78. The van der Waals surface area contributed by atoms with Crippen LogP contribution in [0.25, 0.3) is 0 Å². The van der Waals surface area contributed by atoms with E-state index in [0.717, 1.165) is 19.3 Å². The van der Waals surface area contributed by atoms with Crippen molar-refractivity contribution in [3.63, 3.8) is 0 Å². The highest BCUT2D eigenvalue weighted by molar-refractivity contribution is 5.95. The van der Waals surface area contributed by atoms with Crippen LogP contribution < -0.4 is 10.6 Å². The molecule has 1 saturated heterocycles. The summed E-state index contributed by atoms with van der Waals surface area (Å²) in [5.41, 5.74) is -0.811. The Hall–Kier alpha value is -1.63. The highest BCUT2D eigenvalue weighted by atomic mass is 16.4. The number of likely N-dealkylation sites (tertiary alicyclic amines) is 1. The van der Waals surface area contributed by atoms with Crippen LogP contribution in [0.5, 0.6) is 0 Å². The predicted molar refractivity (Wildman–Crippen MR) is 71.1 cm³/mol. The van der Waals surface area contributed by atoms with Gasteiger partial charge in [0.1, 0.15) is 0 Å². The van der Waals surface area contributed by atoms with Crippen molar-refractivity contribution in [2.45, 2.75) is 38.6 Å². The van der Waals surface area contributed by atoms with Gasteiger partial charge in [0, 0.05) is 12.6 Å². The number of piperidine rings is 1. The SMILES string of the molecule is CC1(C(=O)O)CCCN(CC(=O)NC(=O)NC2CC2)C1. The number of imide groups is 1. The summed E-state index contributed by atoms with van der Waals surface area (Å²) >= 11 is 0. The van der Waals surface area contributed by atoms with E-state index in [-0.39, 0.29) is 12.6 Å². The lowest BCUT2D eigenvalue weighted by Gasteiger charge is -2.36. The summed E-state index contributed by atoms with van der Waals surface area (Å²) in [6, 6.07) is -0.261. The van der Waals surface area contributed by atoms with Crippen LogP contribution in [0.15, 0.2) is 0 Å². The molecular formula is C13H21N3O4. The molecule has 7 heteroatoms. The van der Waals surface area contributed by atoms with Gasteiger partial charge in [0.15, 0.2) is 0 Å². The Morgan fingerprint density at radius 1 is 1.35 bits per heavy atom. The van der Waals surface area contributed by atoms with Gasteiger partial charge >= 0.3 is 12.0 Å². The molecule has 0 aromatic heterocycles. The summed E-state index contributed by atoms with van der Waals surface area (Å²) in [5, 5.41) is 14.2. The first-order valence-corrected chi connectivity index (χ1v) is 6.95. The Morgan fingerprint density at radius 3 is 2.65 bits per heavy atom. The zero-order valence-electron chi connectivity index (χ0n) is 11.6. The van der Waals surface area contributed by atoms with Crippen molar-refractivity contribution in [2.75, 3.05) is 19.6 Å². The molecule has 1 aliphatic heterocycles. The molecule has 0 bridgehead atoms. The van der Waals surface area contributed by atoms with Crippen LogP contribution in [0.1, 0.15) is 32.6 Å². The van der Waals surface area contributed by atoms with Crippen molar-refractivity contribution in [2.24, 2.45) is 5.41 Å². The molecule has 0 aromatic carbocycles. The van der Waals surface area contributed by atoms with Crippen LogP contribution in [0, 0.1) is 5.41 Å². The minimum Gasteiger partial charge on any atom is -0.481 e. The molecule has 1 heterocycles. The second-order valence-corrected chi connectivity index (χ2v) is 5.98. The zero-order valence-corrected chi connectivity index (χ0v) is 11.6. The number of carboxylic acid groups (broad SMARTS) is 1. The zero-order chi connectivity index (χ0) is 14.8. The van der Waals surface area contributed by atoms with E-state index in [1.54, 1.807) is 11.8 Å². The number of rotatable bonds is 4. The minimum absolute atomic E-state index is 0.0565. The standard InChI is InChI=1S/C13H21N3O4/c1-13(11(18)19)5-2-6-16(8-13)7-10(17)15-12(20)14-9-3-4-9/h9H,2-8H2,1H3,(H,18,19)(H2,14,15,17,20). The molecule has 1 saturated carbocycles. The van der Waals surface area contributed by atoms with Crippen molar-refractivity contribution >= 4 is 17.9 Å². The van der Waals surface area contributed by atoms with E-state index in [0.29, 0.717) is 19.5 Å². The van der Waals surface area contributed by atoms with Crippen molar-refractivity contribution < 1.29 is 19.5 Å². The van der Waals surface area contributed by atoms with Crippen LogP contribution in [0.3, 0.4) is 0 Å². The molecule has 2 aliphatic rings. The van der Waals surface area contributed by atoms with Gasteiger partial charge in [0.2, 0.25) is 5.91 Å².